The van der Waals surface area contributed by atoms with Gasteiger partial charge in [-0.25, -0.2) is 0 Å². The Morgan fingerprint density at radius 2 is 2.09 bits per heavy atom. The highest BCUT2D eigenvalue weighted by atomic mass is 35.5. The maximum Gasteiger partial charge on any atom is 0.227 e. The van der Waals surface area contributed by atoms with Crippen molar-refractivity contribution in [3.05, 3.63) is 45.5 Å². The Balaban J connectivity index is 2.55. The lowest BCUT2D eigenvalue weighted by Crippen LogP contribution is -2.49. The van der Waals surface area contributed by atoms with E-state index < -0.39 is 23.9 Å². The van der Waals surface area contributed by atoms with Crippen LogP contribution in [-0.4, -0.2) is 17.8 Å². The molecule has 0 unspecified atom stereocenters. The van der Waals surface area contributed by atoms with Crippen molar-refractivity contribution in [3.8, 4) is 12.1 Å². The van der Waals surface area contributed by atoms with E-state index in [1.54, 1.807) is 24.3 Å². The van der Waals surface area contributed by atoms with Gasteiger partial charge in [0.1, 0.15) is 0 Å². The lowest BCUT2D eigenvalue weighted by atomic mass is 9.78. The van der Waals surface area contributed by atoms with Gasteiger partial charge < -0.3 is 16.8 Å². The van der Waals surface area contributed by atoms with E-state index in [1.165, 1.54) is 0 Å². The molecule has 1 aromatic carbocycles. The van der Waals surface area contributed by atoms with Crippen LogP contribution in [0.15, 0.2) is 34.9 Å². The first kappa shape index (κ1) is 17.2. The highest BCUT2D eigenvalue weighted by Crippen LogP contribution is 2.42. The topological polar surface area (TPSA) is 129 Å². The van der Waals surface area contributed by atoms with Crippen LogP contribution in [0.4, 0.5) is 0 Å². The Morgan fingerprint density at radius 1 is 1.39 bits per heavy atom. The largest absolute Gasteiger partial charge is 0.369 e. The fourth-order valence-corrected chi connectivity index (χ4v) is 3.55. The zero-order valence-corrected chi connectivity index (χ0v) is 13.6. The number of halogens is 1. The third-order valence-electron chi connectivity index (χ3n) is 3.47. The SMILES string of the molecule is N#CC1=C(SCC(N)=O)N[C@H](N)[C@@H](C#N)[C@H]1c1ccccc1Cl. The van der Waals surface area contributed by atoms with Gasteiger partial charge >= 0.3 is 0 Å². The molecule has 6 nitrogen and oxygen atoms in total. The number of nitrogens with one attached hydrogen (secondary N) is 1. The molecule has 118 valence electrons. The van der Waals surface area contributed by atoms with Gasteiger partial charge in [-0.15, -0.1) is 0 Å². The van der Waals surface area contributed by atoms with Crippen LogP contribution in [0.1, 0.15) is 11.5 Å². The van der Waals surface area contributed by atoms with Crippen LogP contribution in [0.25, 0.3) is 0 Å². The molecule has 0 bridgehead atoms. The maximum atomic E-state index is 11.0. The summed E-state index contributed by atoms with van der Waals surface area (Å²) in [5, 5.41) is 22.9. The second kappa shape index (κ2) is 7.38. The van der Waals surface area contributed by atoms with Gasteiger partial charge in [-0.3, -0.25) is 4.79 Å². The van der Waals surface area contributed by atoms with Crippen molar-refractivity contribution in [3.63, 3.8) is 0 Å². The van der Waals surface area contributed by atoms with Crippen LogP contribution >= 0.6 is 23.4 Å². The minimum atomic E-state index is -0.686. The van der Waals surface area contributed by atoms with Crippen molar-refractivity contribution < 1.29 is 4.79 Å². The molecule has 1 amide bonds. The van der Waals surface area contributed by atoms with E-state index in [-0.39, 0.29) is 5.75 Å². The predicted molar refractivity (Wildman–Crippen MR) is 88.7 cm³/mol. The van der Waals surface area contributed by atoms with E-state index in [0.29, 0.717) is 21.2 Å². The summed E-state index contributed by atoms with van der Waals surface area (Å²) in [6, 6.07) is 11.3. The second-order valence-corrected chi connectivity index (χ2v) is 6.33. The van der Waals surface area contributed by atoms with Gasteiger partial charge in [0.05, 0.1) is 40.6 Å². The van der Waals surface area contributed by atoms with Gasteiger partial charge in [-0.1, -0.05) is 41.6 Å². The first-order valence-corrected chi connectivity index (χ1v) is 8.07. The Morgan fingerprint density at radius 3 is 2.65 bits per heavy atom. The average molecular weight is 348 g/mol. The van der Waals surface area contributed by atoms with Crippen LogP contribution < -0.4 is 16.8 Å². The Hall–Kier alpha value is -2.19. The lowest BCUT2D eigenvalue weighted by molar-refractivity contribution is -0.115. The minimum Gasteiger partial charge on any atom is -0.369 e. The molecule has 1 aliphatic rings. The number of primary amides is 1. The number of carbonyl (C=O) groups is 1. The Kier molecular flexibility index (Phi) is 5.51. The highest BCUT2D eigenvalue weighted by molar-refractivity contribution is 8.03. The number of nitrogens with zero attached hydrogens (tertiary/aromatic N) is 2. The maximum absolute atomic E-state index is 11.0. The van der Waals surface area contributed by atoms with Gasteiger partial charge in [-0.2, -0.15) is 10.5 Å². The van der Waals surface area contributed by atoms with E-state index in [1.807, 2.05) is 0 Å². The van der Waals surface area contributed by atoms with Crippen molar-refractivity contribution in [2.24, 2.45) is 17.4 Å². The van der Waals surface area contributed by atoms with E-state index in [2.05, 4.69) is 17.5 Å². The zero-order valence-electron chi connectivity index (χ0n) is 12.0. The number of benzene rings is 1. The van der Waals surface area contributed by atoms with Crippen LogP contribution in [0, 0.1) is 28.6 Å². The van der Waals surface area contributed by atoms with E-state index in [0.717, 1.165) is 11.8 Å². The molecule has 3 atom stereocenters. The summed E-state index contributed by atoms with van der Waals surface area (Å²) >= 11 is 7.34. The van der Waals surface area contributed by atoms with Gasteiger partial charge in [-0.05, 0) is 11.6 Å². The van der Waals surface area contributed by atoms with Crippen molar-refractivity contribution in [1.82, 2.24) is 5.32 Å². The van der Waals surface area contributed by atoms with Crippen LogP contribution in [0.5, 0.6) is 0 Å². The number of rotatable bonds is 4. The molecule has 0 fully saturated rings. The summed E-state index contributed by atoms with van der Waals surface area (Å²) in [6.45, 7) is 0. The molecular formula is C15H14ClN5OS. The molecule has 0 aromatic heterocycles. The molecule has 5 N–H and O–H groups in total. The summed E-state index contributed by atoms with van der Waals surface area (Å²) in [4.78, 5) is 11.0. The summed E-state index contributed by atoms with van der Waals surface area (Å²) in [7, 11) is 0. The van der Waals surface area contributed by atoms with Gasteiger partial charge in [0.15, 0.2) is 0 Å². The number of hydrogen-bond donors (Lipinski definition) is 3. The summed E-state index contributed by atoms with van der Waals surface area (Å²) < 4.78 is 0. The standard InChI is InChI=1S/C15H14ClN5OS/c16-11-4-2-1-3-8(11)13-9(5-17)14(20)21-15(10(13)6-18)23-7-12(19)22/h1-4,9,13-14,21H,7,20H2,(H2,19,22)/t9-,13+,14-/m0/s1. The molecule has 0 spiro atoms. The third-order valence-corrected chi connectivity index (χ3v) is 4.87. The van der Waals surface area contributed by atoms with Gasteiger partial charge in [0.25, 0.3) is 0 Å². The van der Waals surface area contributed by atoms with Crippen molar-refractivity contribution in [1.29, 1.82) is 10.5 Å². The Labute approximate surface area is 143 Å². The molecule has 1 aromatic rings. The number of thioether (sulfide) groups is 1. The van der Waals surface area contributed by atoms with Gasteiger partial charge in [0, 0.05) is 10.9 Å². The first-order chi connectivity index (χ1) is 11.0. The predicted octanol–water partition coefficient (Wildman–Crippen LogP) is 1.41. The number of nitriles is 2. The zero-order chi connectivity index (χ0) is 17.0. The lowest BCUT2D eigenvalue weighted by Gasteiger charge is -2.35. The van der Waals surface area contributed by atoms with E-state index in [9.17, 15) is 15.3 Å². The second-order valence-electron chi connectivity index (χ2n) is 4.93. The number of nitrogens with two attached hydrogens (primary N) is 2. The molecule has 2 rings (SSSR count). The summed E-state index contributed by atoms with van der Waals surface area (Å²) in [5.74, 6) is -1.73. The van der Waals surface area contributed by atoms with Crippen molar-refractivity contribution >= 4 is 29.3 Å². The van der Waals surface area contributed by atoms with Crippen LogP contribution in [0.2, 0.25) is 5.02 Å². The van der Waals surface area contributed by atoms with E-state index >= 15 is 0 Å². The highest BCUT2D eigenvalue weighted by Gasteiger charge is 2.39. The average Bonchev–Trinajstić information content (AvgIpc) is 2.52. The molecular weight excluding hydrogens is 334 g/mol. The third kappa shape index (κ3) is 3.59. The molecule has 0 saturated heterocycles. The first-order valence-electron chi connectivity index (χ1n) is 6.71. The van der Waals surface area contributed by atoms with Crippen molar-refractivity contribution in [2.45, 2.75) is 12.1 Å². The van der Waals surface area contributed by atoms with Crippen LogP contribution in [0.3, 0.4) is 0 Å². The monoisotopic (exact) mass is 347 g/mol. The van der Waals surface area contributed by atoms with Crippen molar-refractivity contribution in [2.75, 3.05) is 5.75 Å². The number of carbonyl (C=O) groups excluding carboxylic acids is 1. The molecule has 0 radical (unpaired) electrons. The fourth-order valence-electron chi connectivity index (χ4n) is 2.46. The normalized spacial score (nSPS) is 23.6. The molecule has 23 heavy (non-hydrogen) atoms. The molecule has 0 aliphatic carbocycles. The molecule has 8 heteroatoms. The number of allylic oxidation sites excluding steroid dienone is 1. The molecule has 1 heterocycles. The Bertz CT molecular complexity index is 736. The number of hydrogen-bond acceptors (Lipinski definition) is 6. The fraction of sp³-hybridized carbons (Fsp3) is 0.267. The summed E-state index contributed by atoms with van der Waals surface area (Å²) in [5.41, 5.74) is 12.2. The van der Waals surface area contributed by atoms with E-state index in [4.69, 9.17) is 23.1 Å². The van der Waals surface area contributed by atoms with Crippen LogP contribution in [-0.2, 0) is 4.79 Å². The molecule has 1 aliphatic heterocycles. The quantitative estimate of drug-likeness (QED) is 0.755. The van der Waals surface area contributed by atoms with Gasteiger partial charge in [0.2, 0.25) is 5.91 Å². The smallest absolute Gasteiger partial charge is 0.227 e. The molecule has 0 saturated carbocycles. The minimum absolute atomic E-state index is 0.00664. The number of amides is 1. The summed E-state index contributed by atoms with van der Waals surface area (Å²) in [6.07, 6.45) is -0.686.